The van der Waals surface area contributed by atoms with Gasteiger partial charge in [0.15, 0.2) is 17.0 Å². The van der Waals surface area contributed by atoms with Crippen LogP contribution in [0.4, 0.5) is 0 Å². The maximum Gasteiger partial charge on any atom is 0.287 e. The van der Waals surface area contributed by atoms with Crippen LogP contribution < -0.4 is 5.56 Å². The number of fused-ring (bicyclic) bond motifs is 2. The molecule has 8 heteroatoms. The number of imidazole rings is 1. The molecule has 0 aromatic carbocycles. The fourth-order valence-corrected chi connectivity index (χ4v) is 4.01. The maximum absolute atomic E-state index is 13.0. The molecule has 122 valence electrons. The lowest BCUT2D eigenvalue weighted by Crippen LogP contribution is -2.27. The smallest absolute Gasteiger partial charge is 0.287 e. The molecule has 24 heavy (non-hydrogen) atoms. The summed E-state index contributed by atoms with van der Waals surface area (Å²) < 4.78 is 3.35. The Bertz CT molecular complexity index is 998. The summed E-state index contributed by atoms with van der Waals surface area (Å²) in [6.45, 7) is 0. The summed E-state index contributed by atoms with van der Waals surface area (Å²) in [6, 6.07) is 0. The lowest BCUT2D eigenvalue weighted by Gasteiger charge is -2.17. The molecule has 0 saturated heterocycles. The third-order valence-corrected chi connectivity index (χ3v) is 5.40. The van der Waals surface area contributed by atoms with E-state index in [-0.39, 0.29) is 11.5 Å². The minimum absolute atomic E-state index is 0.201. The second kappa shape index (κ2) is 4.86. The van der Waals surface area contributed by atoms with Crippen molar-refractivity contribution in [3.8, 4) is 5.82 Å². The van der Waals surface area contributed by atoms with Gasteiger partial charge in [0, 0.05) is 13.0 Å². The largest absolute Gasteiger partial charge is 0.318 e. The van der Waals surface area contributed by atoms with Gasteiger partial charge in [-0.3, -0.25) is 4.79 Å². The molecule has 0 unspecified atom stereocenters. The van der Waals surface area contributed by atoms with Crippen LogP contribution >= 0.6 is 11.6 Å². The van der Waals surface area contributed by atoms with Crippen molar-refractivity contribution in [1.82, 2.24) is 29.1 Å². The van der Waals surface area contributed by atoms with Crippen molar-refractivity contribution in [2.75, 3.05) is 0 Å². The van der Waals surface area contributed by atoms with Gasteiger partial charge in [0.1, 0.15) is 11.0 Å². The van der Waals surface area contributed by atoms with E-state index in [1.165, 1.54) is 18.8 Å². The molecular formula is C16H15ClN6O. The van der Waals surface area contributed by atoms with Gasteiger partial charge in [-0.25, -0.2) is 24.5 Å². The first kappa shape index (κ1) is 14.1. The summed E-state index contributed by atoms with van der Waals surface area (Å²) in [7, 11) is 1.85. The fourth-order valence-electron chi connectivity index (χ4n) is 3.92. The zero-order valence-corrected chi connectivity index (χ0v) is 13.8. The van der Waals surface area contributed by atoms with Gasteiger partial charge in [-0.2, -0.15) is 0 Å². The molecule has 0 bridgehead atoms. The Balaban J connectivity index is 1.77. The van der Waals surface area contributed by atoms with E-state index >= 15 is 0 Å². The highest BCUT2D eigenvalue weighted by Gasteiger charge is 2.47. The first-order chi connectivity index (χ1) is 11.6. The van der Waals surface area contributed by atoms with Gasteiger partial charge in [0.05, 0.1) is 18.7 Å². The zero-order chi connectivity index (χ0) is 16.4. The molecule has 2 aliphatic rings. The minimum Gasteiger partial charge on any atom is -0.318 e. The average molecular weight is 343 g/mol. The highest BCUT2D eigenvalue weighted by Crippen LogP contribution is 2.57. The summed E-state index contributed by atoms with van der Waals surface area (Å²) in [6.07, 6.45) is 8.06. The molecule has 3 atom stereocenters. The second-order valence-electron chi connectivity index (χ2n) is 6.76. The second-order valence-corrected chi connectivity index (χ2v) is 7.15. The Hall–Kier alpha value is -2.28. The Morgan fingerprint density at radius 1 is 1.12 bits per heavy atom. The Morgan fingerprint density at radius 2 is 1.92 bits per heavy atom. The summed E-state index contributed by atoms with van der Waals surface area (Å²) in [5, 5.41) is 0.294. The molecule has 0 radical (unpaired) electrons. The quantitative estimate of drug-likeness (QED) is 0.712. The van der Waals surface area contributed by atoms with E-state index in [2.05, 4.69) is 15.0 Å². The summed E-state index contributed by atoms with van der Waals surface area (Å²) in [5.41, 5.74) is 0.766. The van der Waals surface area contributed by atoms with Crippen LogP contribution in [0.3, 0.4) is 0 Å². The van der Waals surface area contributed by atoms with Gasteiger partial charge in [0.25, 0.3) is 5.56 Å². The van der Waals surface area contributed by atoms with Crippen LogP contribution in [0, 0.1) is 11.8 Å². The number of aromatic nitrogens is 6. The molecule has 2 saturated carbocycles. The maximum atomic E-state index is 13.0. The van der Waals surface area contributed by atoms with Gasteiger partial charge in [-0.1, -0.05) is 11.6 Å². The molecule has 5 rings (SSSR count). The van der Waals surface area contributed by atoms with Gasteiger partial charge in [-0.15, -0.1) is 0 Å². The van der Waals surface area contributed by atoms with Crippen molar-refractivity contribution in [2.24, 2.45) is 18.9 Å². The third-order valence-electron chi connectivity index (χ3n) is 5.21. The number of aryl methyl sites for hydroxylation is 1. The van der Waals surface area contributed by atoms with Crippen molar-refractivity contribution < 1.29 is 0 Å². The third kappa shape index (κ3) is 2.00. The van der Waals surface area contributed by atoms with E-state index in [1.54, 1.807) is 15.5 Å². The standard InChI is InChI=1S/C16H15ClN6O/c1-22-7-20-13-15(22)21-14(10-3-8-2-9(8)4-10)23(16(13)24)12-6-18-11(17)5-19-12/h5-10H,2-4H2,1H3/t8-,9+,10+. The monoisotopic (exact) mass is 342 g/mol. The number of halogens is 1. The molecule has 0 amide bonds. The van der Waals surface area contributed by atoms with E-state index in [9.17, 15) is 4.79 Å². The van der Waals surface area contributed by atoms with Gasteiger partial charge in [0.2, 0.25) is 0 Å². The van der Waals surface area contributed by atoms with Crippen molar-refractivity contribution in [2.45, 2.75) is 25.2 Å². The number of hydrogen-bond acceptors (Lipinski definition) is 5. The predicted molar refractivity (Wildman–Crippen MR) is 88.3 cm³/mol. The zero-order valence-electron chi connectivity index (χ0n) is 13.1. The van der Waals surface area contributed by atoms with Crippen molar-refractivity contribution in [3.63, 3.8) is 0 Å². The van der Waals surface area contributed by atoms with Crippen LogP contribution in [0.15, 0.2) is 23.5 Å². The molecule has 7 nitrogen and oxygen atoms in total. The summed E-state index contributed by atoms with van der Waals surface area (Å²) in [4.78, 5) is 30.4. The normalized spacial score (nSPS) is 25.2. The highest BCUT2D eigenvalue weighted by molar-refractivity contribution is 6.29. The topological polar surface area (TPSA) is 78.5 Å². The van der Waals surface area contributed by atoms with Crippen molar-refractivity contribution in [3.05, 3.63) is 40.1 Å². The van der Waals surface area contributed by atoms with Crippen LogP contribution in [0.5, 0.6) is 0 Å². The van der Waals surface area contributed by atoms with E-state index in [4.69, 9.17) is 16.6 Å². The van der Waals surface area contributed by atoms with Crippen molar-refractivity contribution in [1.29, 1.82) is 0 Å². The average Bonchev–Trinajstić information content (AvgIpc) is 3.00. The van der Waals surface area contributed by atoms with Gasteiger partial charge in [-0.05, 0) is 31.1 Å². The van der Waals surface area contributed by atoms with Gasteiger partial charge < -0.3 is 4.57 Å². The van der Waals surface area contributed by atoms with Crippen LogP contribution in [-0.2, 0) is 7.05 Å². The van der Waals surface area contributed by atoms with Gasteiger partial charge >= 0.3 is 0 Å². The lowest BCUT2D eigenvalue weighted by molar-refractivity contribution is 0.568. The Kier molecular flexibility index (Phi) is 2.85. The summed E-state index contributed by atoms with van der Waals surface area (Å²) >= 11 is 5.84. The molecule has 3 aromatic rings. The fraction of sp³-hybridized carbons (Fsp3) is 0.438. The van der Waals surface area contributed by atoms with E-state index < -0.39 is 0 Å². The SMILES string of the molecule is Cn1cnc2c(=O)n(-c3cnc(Cl)cn3)c([C@@H]3C[C@@H]4C[C@@H]4C3)nc21. The number of nitrogens with zero attached hydrogens (tertiary/aromatic N) is 6. The van der Waals surface area contributed by atoms with E-state index in [1.807, 2.05) is 7.05 Å². The first-order valence-corrected chi connectivity index (χ1v) is 8.41. The molecular weight excluding hydrogens is 328 g/mol. The molecule has 3 aromatic heterocycles. The molecule has 2 fully saturated rings. The van der Waals surface area contributed by atoms with Crippen LogP contribution in [-0.4, -0.2) is 29.1 Å². The van der Waals surface area contributed by atoms with E-state index in [0.29, 0.717) is 22.1 Å². The molecule has 0 aliphatic heterocycles. The molecule has 0 spiro atoms. The Labute approximate surface area is 142 Å². The van der Waals surface area contributed by atoms with Crippen LogP contribution in [0.25, 0.3) is 17.0 Å². The number of hydrogen-bond donors (Lipinski definition) is 0. The van der Waals surface area contributed by atoms with E-state index in [0.717, 1.165) is 30.5 Å². The minimum atomic E-state index is -0.201. The van der Waals surface area contributed by atoms with Crippen LogP contribution in [0.2, 0.25) is 5.15 Å². The molecule has 3 heterocycles. The van der Waals surface area contributed by atoms with Crippen LogP contribution in [0.1, 0.15) is 31.0 Å². The molecule has 2 aliphatic carbocycles. The predicted octanol–water partition coefficient (Wildman–Crippen LogP) is 2.08. The Morgan fingerprint density at radius 3 is 2.62 bits per heavy atom. The molecule has 0 N–H and O–H groups in total. The summed E-state index contributed by atoms with van der Waals surface area (Å²) in [5.74, 6) is 3.07. The first-order valence-electron chi connectivity index (χ1n) is 8.03. The highest BCUT2D eigenvalue weighted by atomic mass is 35.5. The van der Waals surface area contributed by atoms with Crippen molar-refractivity contribution >= 4 is 22.8 Å². The lowest BCUT2D eigenvalue weighted by atomic mass is 10.0. The number of rotatable bonds is 2.